The maximum atomic E-state index is 3.34. The normalized spacial score (nSPS) is 15.1. The monoisotopic (exact) mass is 192 g/mol. The summed E-state index contributed by atoms with van der Waals surface area (Å²) in [5, 5.41) is 6.60. The fourth-order valence-electron chi connectivity index (χ4n) is 1.58. The molecule has 0 amide bonds. The summed E-state index contributed by atoms with van der Waals surface area (Å²) in [6, 6.07) is 11.5. The first-order valence-corrected chi connectivity index (χ1v) is 5.17. The highest BCUT2D eigenvalue weighted by Gasteiger charge is 2.11. The lowest BCUT2D eigenvalue weighted by Crippen LogP contribution is -2.28. The van der Waals surface area contributed by atoms with Crippen LogP contribution in [0, 0.1) is 0 Å². The van der Waals surface area contributed by atoms with Crippen LogP contribution in [-0.2, 0) is 0 Å². The van der Waals surface area contributed by atoms with Gasteiger partial charge in [0.05, 0.1) is 0 Å². The largest absolute Gasteiger partial charge is 0.317 e. The molecule has 1 rings (SSSR count). The topological polar surface area (TPSA) is 24.1 Å². The molecule has 2 N–H and O–H groups in total. The van der Waals surface area contributed by atoms with Gasteiger partial charge >= 0.3 is 0 Å². The molecule has 0 saturated carbocycles. The standard InChI is InChI=1S/C12H20N2/c1-10(13-2)9-12(14-3)11-7-5-4-6-8-11/h4-8,10,12-14H,9H2,1-3H3. The molecule has 2 nitrogen and oxygen atoms in total. The third-order valence-electron chi connectivity index (χ3n) is 2.63. The van der Waals surface area contributed by atoms with Gasteiger partial charge in [-0.15, -0.1) is 0 Å². The van der Waals surface area contributed by atoms with E-state index in [-0.39, 0.29) is 0 Å². The molecule has 2 heteroatoms. The van der Waals surface area contributed by atoms with Crippen molar-refractivity contribution in [1.82, 2.24) is 10.6 Å². The van der Waals surface area contributed by atoms with Gasteiger partial charge in [0.25, 0.3) is 0 Å². The van der Waals surface area contributed by atoms with Crippen LogP contribution in [-0.4, -0.2) is 20.1 Å². The van der Waals surface area contributed by atoms with Gasteiger partial charge in [-0.1, -0.05) is 30.3 Å². The van der Waals surface area contributed by atoms with Crippen molar-refractivity contribution >= 4 is 0 Å². The second-order valence-electron chi connectivity index (χ2n) is 3.68. The van der Waals surface area contributed by atoms with Gasteiger partial charge in [-0.25, -0.2) is 0 Å². The predicted octanol–water partition coefficient (Wildman–Crippen LogP) is 1.95. The van der Waals surface area contributed by atoms with Crippen LogP contribution in [0.4, 0.5) is 0 Å². The maximum Gasteiger partial charge on any atom is 0.0332 e. The quantitative estimate of drug-likeness (QED) is 0.745. The first-order chi connectivity index (χ1) is 6.77. The molecule has 0 radical (unpaired) electrons. The summed E-state index contributed by atoms with van der Waals surface area (Å²) in [6.45, 7) is 2.20. The summed E-state index contributed by atoms with van der Waals surface area (Å²) < 4.78 is 0. The molecule has 0 aliphatic carbocycles. The van der Waals surface area contributed by atoms with Crippen LogP contribution in [0.3, 0.4) is 0 Å². The van der Waals surface area contributed by atoms with Gasteiger partial charge in [-0.05, 0) is 33.0 Å². The zero-order valence-corrected chi connectivity index (χ0v) is 9.25. The van der Waals surface area contributed by atoms with E-state index in [9.17, 15) is 0 Å². The van der Waals surface area contributed by atoms with Crippen molar-refractivity contribution in [3.05, 3.63) is 35.9 Å². The lowest BCUT2D eigenvalue weighted by molar-refractivity contribution is 0.458. The van der Waals surface area contributed by atoms with Gasteiger partial charge in [0.2, 0.25) is 0 Å². The maximum absolute atomic E-state index is 3.34. The Labute approximate surface area is 86.7 Å². The van der Waals surface area contributed by atoms with Crippen LogP contribution in [0.25, 0.3) is 0 Å². The number of hydrogen-bond acceptors (Lipinski definition) is 2. The molecule has 0 aliphatic rings. The van der Waals surface area contributed by atoms with Gasteiger partial charge in [-0.2, -0.15) is 0 Å². The van der Waals surface area contributed by atoms with Crippen molar-refractivity contribution in [1.29, 1.82) is 0 Å². The Kier molecular flexibility index (Phi) is 4.63. The van der Waals surface area contributed by atoms with Crippen LogP contribution in [0.5, 0.6) is 0 Å². The molecular weight excluding hydrogens is 172 g/mol. The Morgan fingerprint density at radius 1 is 1.07 bits per heavy atom. The summed E-state index contributed by atoms with van der Waals surface area (Å²) in [4.78, 5) is 0. The van der Waals surface area contributed by atoms with Gasteiger partial charge in [0.15, 0.2) is 0 Å². The molecule has 0 saturated heterocycles. The first kappa shape index (κ1) is 11.2. The molecule has 2 atom stereocenters. The Morgan fingerprint density at radius 2 is 1.71 bits per heavy atom. The lowest BCUT2D eigenvalue weighted by atomic mass is 10.0. The Morgan fingerprint density at radius 3 is 2.21 bits per heavy atom. The van der Waals surface area contributed by atoms with E-state index in [1.165, 1.54) is 5.56 Å². The summed E-state index contributed by atoms with van der Waals surface area (Å²) in [5.74, 6) is 0. The van der Waals surface area contributed by atoms with E-state index in [4.69, 9.17) is 0 Å². The molecule has 0 heterocycles. The second-order valence-corrected chi connectivity index (χ2v) is 3.68. The first-order valence-electron chi connectivity index (χ1n) is 5.17. The van der Waals surface area contributed by atoms with E-state index >= 15 is 0 Å². The van der Waals surface area contributed by atoms with Crippen molar-refractivity contribution in [2.24, 2.45) is 0 Å². The highest BCUT2D eigenvalue weighted by molar-refractivity contribution is 5.18. The van der Waals surface area contributed by atoms with Crippen molar-refractivity contribution in [3.63, 3.8) is 0 Å². The smallest absolute Gasteiger partial charge is 0.0332 e. The lowest BCUT2D eigenvalue weighted by Gasteiger charge is -2.20. The minimum Gasteiger partial charge on any atom is -0.317 e. The molecule has 1 aromatic carbocycles. The fraction of sp³-hybridized carbons (Fsp3) is 0.500. The van der Waals surface area contributed by atoms with E-state index in [2.05, 4.69) is 47.9 Å². The molecule has 0 spiro atoms. The van der Waals surface area contributed by atoms with Crippen LogP contribution >= 0.6 is 0 Å². The molecule has 1 aromatic rings. The van der Waals surface area contributed by atoms with Crippen molar-refractivity contribution in [2.75, 3.05) is 14.1 Å². The minimum atomic E-state index is 0.443. The van der Waals surface area contributed by atoms with E-state index in [0.29, 0.717) is 12.1 Å². The Bertz CT molecular complexity index is 246. The SMILES string of the molecule is CNC(C)CC(NC)c1ccccc1. The highest BCUT2D eigenvalue weighted by atomic mass is 14.9. The number of benzene rings is 1. The minimum absolute atomic E-state index is 0.443. The van der Waals surface area contributed by atoms with Crippen LogP contribution in [0.1, 0.15) is 24.9 Å². The molecule has 78 valence electrons. The second kappa shape index (κ2) is 5.78. The molecule has 0 fully saturated rings. The molecule has 0 bridgehead atoms. The molecule has 14 heavy (non-hydrogen) atoms. The Balaban J connectivity index is 2.63. The zero-order chi connectivity index (χ0) is 10.4. The fourth-order valence-corrected chi connectivity index (χ4v) is 1.58. The van der Waals surface area contributed by atoms with Crippen LogP contribution in [0.15, 0.2) is 30.3 Å². The van der Waals surface area contributed by atoms with Gasteiger partial charge < -0.3 is 10.6 Å². The summed E-state index contributed by atoms with van der Waals surface area (Å²) in [5.41, 5.74) is 1.36. The van der Waals surface area contributed by atoms with Crippen molar-refractivity contribution in [2.45, 2.75) is 25.4 Å². The average Bonchev–Trinajstić information content (AvgIpc) is 2.26. The number of hydrogen-bond donors (Lipinski definition) is 2. The predicted molar refractivity (Wildman–Crippen MR) is 61.4 cm³/mol. The molecular formula is C12H20N2. The van der Waals surface area contributed by atoms with E-state index in [1.807, 2.05) is 14.1 Å². The van der Waals surface area contributed by atoms with E-state index < -0.39 is 0 Å². The van der Waals surface area contributed by atoms with Crippen molar-refractivity contribution in [3.8, 4) is 0 Å². The summed E-state index contributed by atoms with van der Waals surface area (Å²) >= 11 is 0. The van der Waals surface area contributed by atoms with Gasteiger partial charge in [0.1, 0.15) is 0 Å². The van der Waals surface area contributed by atoms with Gasteiger partial charge in [-0.3, -0.25) is 0 Å². The molecule has 0 aliphatic heterocycles. The highest BCUT2D eigenvalue weighted by Crippen LogP contribution is 2.17. The molecule has 0 aromatic heterocycles. The molecule has 2 unspecified atom stereocenters. The van der Waals surface area contributed by atoms with Crippen molar-refractivity contribution < 1.29 is 0 Å². The van der Waals surface area contributed by atoms with Crippen LogP contribution < -0.4 is 10.6 Å². The van der Waals surface area contributed by atoms with E-state index in [0.717, 1.165) is 6.42 Å². The number of nitrogens with one attached hydrogen (secondary N) is 2. The average molecular weight is 192 g/mol. The van der Waals surface area contributed by atoms with Crippen LogP contribution in [0.2, 0.25) is 0 Å². The summed E-state index contributed by atoms with van der Waals surface area (Å²) in [6.07, 6.45) is 1.11. The Hall–Kier alpha value is -0.860. The summed E-state index contributed by atoms with van der Waals surface area (Å²) in [7, 11) is 4.02. The third kappa shape index (κ3) is 3.13. The number of rotatable bonds is 5. The van der Waals surface area contributed by atoms with E-state index in [1.54, 1.807) is 0 Å². The van der Waals surface area contributed by atoms with Gasteiger partial charge in [0, 0.05) is 12.1 Å². The zero-order valence-electron chi connectivity index (χ0n) is 9.25. The third-order valence-corrected chi connectivity index (χ3v) is 2.63.